The fourth-order valence-electron chi connectivity index (χ4n) is 2.75. The van der Waals surface area contributed by atoms with Gasteiger partial charge in [0.05, 0.1) is 6.54 Å². The van der Waals surface area contributed by atoms with Gasteiger partial charge in [0.2, 0.25) is 0 Å². The molecule has 0 aromatic heterocycles. The van der Waals surface area contributed by atoms with Crippen molar-refractivity contribution in [3.8, 4) is 5.75 Å². The highest BCUT2D eigenvalue weighted by Gasteiger charge is 2.33. The molecule has 0 unspecified atom stereocenters. The summed E-state index contributed by atoms with van der Waals surface area (Å²) in [6.45, 7) is -0.00896. The van der Waals surface area contributed by atoms with Gasteiger partial charge in [0.15, 0.2) is 0 Å². The minimum Gasteiger partial charge on any atom is -0.406 e. The molecule has 0 spiro atoms. The van der Waals surface area contributed by atoms with Gasteiger partial charge in [-0.3, -0.25) is 9.69 Å². The SMILES string of the molecule is O=C(NCC1CCN(CC(F)(F)F)CC1)c1ccc(OC(F)(F)F)cc1. The number of carbonyl (C=O) groups excluding carboxylic acids is 1. The fraction of sp³-hybridized carbons (Fsp3) is 0.562. The van der Waals surface area contributed by atoms with Crippen LogP contribution in [0.15, 0.2) is 24.3 Å². The van der Waals surface area contributed by atoms with Crippen LogP contribution in [-0.4, -0.2) is 49.5 Å². The summed E-state index contributed by atoms with van der Waals surface area (Å²) in [5.41, 5.74) is 0.175. The zero-order chi connectivity index (χ0) is 19.4. The number of likely N-dealkylation sites (tertiary alicyclic amines) is 1. The third kappa shape index (κ3) is 7.11. The summed E-state index contributed by atoms with van der Waals surface area (Å²) in [5, 5.41) is 2.66. The van der Waals surface area contributed by atoms with E-state index in [1.165, 1.54) is 17.0 Å². The minimum atomic E-state index is -4.80. The van der Waals surface area contributed by atoms with Crippen LogP contribution in [0.25, 0.3) is 0 Å². The number of hydrogen-bond acceptors (Lipinski definition) is 3. The first-order chi connectivity index (χ1) is 12.0. The first-order valence-corrected chi connectivity index (χ1v) is 7.95. The Balaban J connectivity index is 1.75. The summed E-state index contributed by atoms with van der Waals surface area (Å²) in [6.07, 6.45) is -7.95. The molecule has 0 aliphatic carbocycles. The fourth-order valence-corrected chi connectivity index (χ4v) is 2.75. The summed E-state index contributed by atoms with van der Waals surface area (Å²) in [5.74, 6) is -0.816. The number of alkyl halides is 6. The second kappa shape index (κ2) is 8.15. The van der Waals surface area contributed by atoms with Gasteiger partial charge in [-0.1, -0.05) is 0 Å². The van der Waals surface area contributed by atoms with E-state index in [1.54, 1.807) is 0 Å². The Kier molecular flexibility index (Phi) is 6.38. The average molecular weight is 384 g/mol. The molecular weight excluding hydrogens is 366 g/mol. The van der Waals surface area contributed by atoms with Gasteiger partial charge in [0.1, 0.15) is 5.75 Å². The molecule has 1 fully saturated rings. The van der Waals surface area contributed by atoms with Gasteiger partial charge in [-0.2, -0.15) is 13.2 Å². The van der Waals surface area contributed by atoms with Crippen molar-refractivity contribution in [2.45, 2.75) is 25.4 Å². The van der Waals surface area contributed by atoms with Gasteiger partial charge >= 0.3 is 12.5 Å². The van der Waals surface area contributed by atoms with E-state index in [9.17, 15) is 31.1 Å². The molecule has 2 rings (SSSR count). The predicted octanol–water partition coefficient (Wildman–Crippen LogP) is 3.59. The molecule has 1 aliphatic heterocycles. The van der Waals surface area contributed by atoms with Crippen LogP contribution in [0.1, 0.15) is 23.2 Å². The van der Waals surface area contributed by atoms with Crippen molar-refractivity contribution >= 4 is 5.91 Å². The van der Waals surface area contributed by atoms with Gasteiger partial charge < -0.3 is 10.1 Å². The van der Waals surface area contributed by atoms with Crippen LogP contribution in [0.5, 0.6) is 5.75 Å². The van der Waals surface area contributed by atoms with Crippen molar-refractivity contribution in [3.05, 3.63) is 29.8 Å². The molecule has 1 aromatic carbocycles. The lowest BCUT2D eigenvalue weighted by atomic mass is 9.96. The second-order valence-corrected chi connectivity index (χ2v) is 6.12. The zero-order valence-corrected chi connectivity index (χ0v) is 13.7. The molecule has 1 heterocycles. The lowest BCUT2D eigenvalue weighted by Gasteiger charge is -2.32. The molecule has 1 saturated heterocycles. The summed E-state index contributed by atoms with van der Waals surface area (Å²) in [7, 11) is 0. The molecule has 146 valence electrons. The van der Waals surface area contributed by atoms with E-state index in [1.807, 2.05) is 0 Å². The quantitative estimate of drug-likeness (QED) is 0.789. The maximum absolute atomic E-state index is 12.3. The number of hydrogen-bond donors (Lipinski definition) is 1. The van der Waals surface area contributed by atoms with E-state index in [-0.39, 0.29) is 11.5 Å². The predicted molar refractivity (Wildman–Crippen MR) is 80.7 cm³/mol. The van der Waals surface area contributed by atoms with Gasteiger partial charge in [-0.05, 0) is 56.1 Å². The largest absolute Gasteiger partial charge is 0.573 e. The molecule has 4 nitrogen and oxygen atoms in total. The van der Waals surface area contributed by atoms with Gasteiger partial charge in [-0.25, -0.2) is 0 Å². The number of benzene rings is 1. The molecule has 0 radical (unpaired) electrons. The van der Waals surface area contributed by atoms with Crippen LogP contribution < -0.4 is 10.1 Å². The number of nitrogens with one attached hydrogen (secondary N) is 1. The van der Waals surface area contributed by atoms with Crippen LogP contribution in [0, 0.1) is 5.92 Å². The second-order valence-electron chi connectivity index (χ2n) is 6.12. The van der Waals surface area contributed by atoms with Crippen LogP contribution >= 0.6 is 0 Å². The summed E-state index contributed by atoms with van der Waals surface area (Å²) < 4.78 is 76.9. The van der Waals surface area contributed by atoms with E-state index in [4.69, 9.17) is 0 Å². The van der Waals surface area contributed by atoms with Crippen molar-refractivity contribution in [1.29, 1.82) is 0 Å². The Labute approximate surface area is 146 Å². The molecule has 1 N–H and O–H groups in total. The molecule has 1 aromatic rings. The Morgan fingerprint density at radius 1 is 1.08 bits per heavy atom. The third-order valence-electron chi connectivity index (χ3n) is 4.01. The van der Waals surface area contributed by atoms with Crippen molar-refractivity contribution < 1.29 is 35.9 Å². The molecule has 0 bridgehead atoms. The van der Waals surface area contributed by atoms with E-state index in [0.717, 1.165) is 12.1 Å². The van der Waals surface area contributed by atoms with Gasteiger partial charge in [-0.15, -0.1) is 13.2 Å². The van der Waals surface area contributed by atoms with E-state index >= 15 is 0 Å². The molecule has 1 amide bonds. The Morgan fingerprint density at radius 2 is 1.65 bits per heavy atom. The average Bonchev–Trinajstić information content (AvgIpc) is 2.51. The number of nitrogens with zero attached hydrogens (tertiary/aromatic N) is 1. The molecule has 0 atom stereocenters. The van der Waals surface area contributed by atoms with Crippen LogP contribution in [-0.2, 0) is 0 Å². The summed E-state index contributed by atoms with van der Waals surface area (Å²) in [6, 6.07) is 4.50. The number of amides is 1. The monoisotopic (exact) mass is 384 g/mol. The maximum Gasteiger partial charge on any atom is 0.573 e. The standard InChI is InChI=1S/C16H18F6N2O2/c17-15(18,19)10-24-7-5-11(6-8-24)9-23-14(25)12-1-3-13(4-2-12)26-16(20,21)22/h1-4,11H,5-10H2,(H,23,25). The van der Waals surface area contributed by atoms with Gasteiger partial charge in [0, 0.05) is 12.1 Å². The molecule has 10 heteroatoms. The molecular formula is C16H18F6N2O2. The number of rotatable bonds is 5. The highest BCUT2D eigenvalue weighted by molar-refractivity contribution is 5.94. The third-order valence-corrected chi connectivity index (χ3v) is 4.01. The highest BCUT2D eigenvalue weighted by atomic mass is 19.4. The summed E-state index contributed by atoms with van der Waals surface area (Å²) >= 11 is 0. The van der Waals surface area contributed by atoms with Crippen LogP contribution in [0.3, 0.4) is 0 Å². The molecule has 26 heavy (non-hydrogen) atoms. The Morgan fingerprint density at radius 3 is 2.15 bits per heavy atom. The summed E-state index contributed by atoms with van der Waals surface area (Å²) in [4.78, 5) is 13.3. The minimum absolute atomic E-state index is 0.0660. The lowest BCUT2D eigenvalue weighted by molar-refractivity contribution is -0.274. The number of piperidine rings is 1. The van der Waals surface area contributed by atoms with Crippen LogP contribution in [0.4, 0.5) is 26.3 Å². The zero-order valence-electron chi connectivity index (χ0n) is 13.7. The van der Waals surface area contributed by atoms with Crippen molar-refractivity contribution in [3.63, 3.8) is 0 Å². The van der Waals surface area contributed by atoms with Crippen molar-refractivity contribution in [2.24, 2.45) is 5.92 Å². The van der Waals surface area contributed by atoms with Crippen molar-refractivity contribution in [2.75, 3.05) is 26.2 Å². The normalized spacial score (nSPS) is 17.2. The topological polar surface area (TPSA) is 41.6 Å². The first kappa shape index (κ1) is 20.3. The molecule has 1 aliphatic rings. The highest BCUT2D eigenvalue weighted by Crippen LogP contribution is 2.24. The van der Waals surface area contributed by atoms with E-state index < -0.39 is 30.7 Å². The first-order valence-electron chi connectivity index (χ1n) is 7.95. The van der Waals surface area contributed by atoms with E-state index in [2.05, 4.69) is 10.1 Å². The Hall–Kier alpha value is -1.97. The molecule has 0 saturated carbocycles. The smallest absolute Gasteiger partial charge is 0.406 e. The number of carbonyl (C=O) groups is 1. The van der Waals surface area contributed by atoms with Gasteiger partial charge in [0.25, 0.3) is 5.91 Å². The Bertz CT molecular complexity index is 592. The number of halogens is 6. The maximum atomic E-state index is 12.3. The van der Waals surface area contributed by atoms with Crippen molar-refractivity contribution in [1.82, 2.24) is 10.2 Å². The van der Waals surface area contributed by atoms with Crippen LogP contribution in [0.2, 0.25) is 0 Å². The lowest BCUT2D eigenvalue weighted by Crippen LogP contribution is -2.42. The van der Waals surface area contributed by atoms with E-state index in [0.29, 0.717) is 32.5 Å². The number of ether oxygens (including phenoxy) is 1.